The van der Waals surface area contributed by atoms with Crippen molar-refractivity contribution in [2.24, 2.45) is 5.92 Å². The summed E-state index contributed by atoms with van der Waals surface area (Å²) >= 11 is 0. The Labute approximate surface area is 67.6 Å². The Morgan fingerprint density at radius 1 is 1.36 bits per heavy atom. The molecule has 2 heteroatoms. The van der Waals surface area contributed by atoms with E-state index in [-0.39, 0.29) is 0 Å². The second-order valence-electron chi connectivity index (χ2n) is 3.41. The monoisotopic (exact) mass is 153 g/mol. The van der Waals surface area contributed by atoms with Gasteiger partial charge >= 0.3 is 0 Å². The molecule has 0 saturated carbocycles. The van der Waals surface area contributed by atoms with E-state index in [0.29, 0.717) is 5.92 Å². The van der Waals surface area contributed by atoms with Crippen LogP contribution in [0.4, 0.5) is 0 Å². The van der Waals surface area contributed by atoms with Crippen molar-refractivity contribution in [2.45, 2.75) is 34.1 Å². The van der Waals surface area contributed by atoms with Crippen LogP contribution in [-0.4, -0.2) is 5.16 Å². The van der Waals surface area contributed by atoms with Crippen LogP contribution in [0.1, 0.15) is 30.9 Å². The van der Waals surface area contributed by atoms with Crippen LogP contribution in [0.25, 0.3) is 0 Å². The van der Waals surface area contributed by atoms with Crippen molar-refractivity contribution in [3.8, 4) is 0 Å². The lowest BCUT2D eigenvalue weighted by molar-refractivity contribution is 0.364. The van der Waals surface area contributed by atoms with E-state index < -0.39 is 0 Å². The van der Waals surface area contributed by atoms with Gasteiger partial charge in [0.25, 0.3) is 0 Å². The molecule has 0 aliphatic heterocycles. The molecule has 0 saturated heterocycles. The molecular weight excluding hydrogens is 138 g/mol. The molecule has 0 radical (unpaired) electrons. The summed E-state index contributed by atoms with van der Waals surface area (Å²) in [4.78, 5) is 0. The molecule has 62 valence electrons. The van der Waals surface area contributed by atoms with E-state index in [2.05, 4.69) is 25.9 Å². The van der Waals surface area contributed by atoms with Gasteiger partial charge in [-0.25, -0.2) is 0 Å². The Hall–Kier alpha value is -0.790. The third-order valence-corrected chi connectivity index (χ3v) is 1.85. The molecule has 0 aliphatic carbocycles. The maximum atomic E-state index is 5.16. The molecule has 11 heavy (non-hydrogen) atoms. The summed E-state index contributed by atoms with van der Waals surface area (Å²) in [6.45, 7) is 8.39. The van der Waals surface area contributed by atoms with Crippen molar-refractivity contribution in [1.29, 1.82) is 0 Å². The summed E-state index contributed by atoms with van der Waals surface area (Å²) in [6, 6.07) is 0. The molecule has 0 aromatic carbocycles. The standard InChI is InChI=1S/C9H15NO/c1-6(2)5-9-7(3)8(4)10-11-9/h6H,5H2,1-4H3. The van der Waals surface area contributed by atoms with Gasteiger partial charge in [0.1, 0.15) is 5.76 Å². The van der Waals surface area contributed by atoms with Crippen molar-refractivity contribution in [3.05, 3.63) is 17.0 Å². The molecular formula is C9H15NO. The predicted molar refractivity (Wildman–Crippen MR) is 44.5 cm³/mol. The summed E-state index contributed by atoms with van der Waals surface area (Å²) in [6.07, 6.45) is 0.993. The number of hydrogen-bond donors (Lipinski definition) is 0. The average Bonchev–Trinajstić information content (AvgIpc) is 2.18. The summed E-state index contributed by atoms with van der Waals surface area (Å²) in [5, 5.41) is 3.89. The molecule has 0 aliphatic rings. The minimum absolute atomic E-state index is 0.640. The molecule has 1 aromatic heterocycles. The maximum absolute atomic E-state index is 5.16. The van der Waals surface area contributed by atoms with Gasteiger partial charge in [-0.3, -0.25) is 0 Å². The number of aryl methyl sites for hydroxylation is 1. The lowest BCUT2D eigenvalue weighted by Crippen LogP contribution is -1.93. The van der Waals surface area contributed by atoms with Gasteiger partial charge in [-0.05, 0) is 19.8 Å². The number of nitrogens with zero attached hydrogens (tertiary/aromatic N) is 1. The van der Waals surface area contributed by atoms with E-state index in [1.54, 1.807) is 0 Å². The highest BCUT2D eigenvalue weighted by molar-refractivity contribution is 5.19. The molecule has 1 aromatic rings. The summed E-state index contributed by atoms with van der Waals surface area (Å²) < 4.78 is 5.16. The van der Waals surface area contributed by atoms with Crippen LogP contribution in [0, 0.1) is 19.8 Å². The number of rotatable bonds is 2. The highest BCUT2D eigenvalue weighted by atomic mass is 16.5. The molecule has 0 spiro atoms. The van der Waals surface area contributed by atoms with E-state index in [1.165, 1.54) is 5.56 Å². The fourth-order valence-corrected chi connectivity index (χ4v) is 1.02. The Morgan fingerprint density at radius 3 is 2.36 bits per heavy atom. The van der Waals surface area contributed by atoms with Crippen molar-refractivity contribution in [3.63, 3.8) is 0 Å². The third-order valence-electron chi connectivity index (χ3n) is 1.85. The molecule has 0 fully saturated rings. The smallest absolute Gasteiger partial charge is 0.140 e. The summed E-state index contributed by atoms with van der Waals surface area (Å²) in [5.74, 6) is 1.68. The van der Waals surface area contributed by atoms with Gasteiger partial charge in [-0.1, -0.05) is 19.0 Å². The van der Waals surface area contributed by atoms with Crippen molar-refractivity contribution in [2.75, 3.05) is 0 Å². The molecule has 0 amide bonds. The summed E-state index contributed by atoms with van der Waals surface area (Å²) in [5.41, 5.74) is 2.22. The average molecular weight is 153 g/mol. The first-order valence-corrected chi connectivity index (χ1v) is 4.03. The minimum Gasteiger partial charge on any atom is -0.361 e. The van der Waals surface area contributed by atoms with Gasteiger partial charge < -0.3 is 4.52 Å². The van der Waals surface area contributed by atoms with E-state index >= 15 is 0 Å². The first-order valence-electron chi connectivity index (χ1n) is 4.03. The van der Waals surface area contributed by atoms with Crippen LogP contribution in [-0.2, 0) is 6.42 Å². The van der Waals surface area contributed by atoms with Gasteiger partial charge in [0, 0.05) is 12.0 Å². The van der Waals surface area contributed by atoms with E-state index in [9.17, 15) is 0 Å². The van der Waals surface area contributed by atoms with E-state index in [1.807, 2.05) is 6.92 Å². The molecule has 0 N–H and O–H groups in total. The van der Waals surface area contributed by atoms with Crippen molar-refractivity contribution < 1.29 is 4.52 Å². The second kappa shape index (κ2) is 3.07. The van der Waals surface area contributed by atoms with Gasteiger partial charge in [0.15, 0.2) is 0 Å². The largest absolute Gasteiger partial charge is 0.361 e. The van der Waals surface area contributed by atoms with E-state index in [0.717, 1.165) is 17.9 Å². The van der Waals surface area contributed by atoms with Crippen LogP contribution in [0.15, 0.2) is 4.52 Å². The quantitative estimate of drug-likeness (QED) is 0.652. The van der Waals surface area contributed by atoms with Crippen LogP contribution >= 0.6 is 0 Å². The molecule has 1 heterocycles. The summed E-state index contributed by atoms with van der Waals surface area (Å²) in [7, 11) is 0. The maximum Gasteiger partial charge on any atom is 0.140 e. The molecule has 0 atom stereocenters. The van der Waals surface area contributed by atoms with Gasteiger partial charge in [0.05, 0.1) is 5.69 Å². The first-order chi connectivity index (χ1) is 5.11. The topological polar surface area (TPSA) is 26.0 Å². The van der Waals surface area contributed by atoms with Crippen molar-refractivity contribution >= 4 is 0 Å². The third kappa shape index (κ3) is 1.82. The van der Waals surface area contributed by atoms with Gasteiger partial charge in [0.2, 0.25) is 0 Å². The normalized spacial score (nSPS) is 11.0. The SMILES string of the molecule is Cc1noc(CC(C)C)c1C. The highest BCUT2D eigenvalue weighted by Crippen LogP contribution is 2.15. The van der Waals surface area contributed by atoms with E-state index in [4.69, 9.17) is 4.52 Å². The predicted octanol–water partition coefficient (Wildman–Crippen LogP) is 2.49. The molecule has 0 unspecified atom stereocenters. The zero-order valence-corrected chi connectivity index (χ0v) is 7.64. The lowest BCUT2D eigenvalue weighted by atomic mass is 10.1. The number of aromatic nitrogens is 1. The minimum atomic E-state index is 0.640. The second-order valence-corrected chi connectivity index (χ2v) is 3.41. The Balaban J connectivity index is 2.79. The molecule has 2 nitrogen and oxygen atoms in total. The van der Waals surface area contributed by atoms with Crippen LogP contribution in [0.2, 0.25) is 0 Å². The fourth-order valence-electron chi connectivity index (χ4n) is 1.02. The fraction of sp³-hybridized carbons (Fsp3) is 0.667. The molecule has 1 rings (SSSR count). The van der Waals surface area contributed by atoms with Crippen LogP contribution < -0.4 is 0 Å². The highest BCUT2D eigenvalue weighted by Gasteiger charge is 2.08. The zero-order valence-electron chi connectivity index (χ0n) is 7.64. The lowest BCUT2D eigenvalue weighted by Gasteiger charge is -1.99. The first kappa shape index (κ1) is 8.31. The Kier molecular flexibility index (Phi) is 2.32. The van der Waals surface area contributed by atoms with Gasteiger partial charge in [-0.2, -0.15) is 0 Å². The van der Waals surface area contributed by atoms with Crippen LogP contribution in [0.5, 0.6) is 0 Å². The van der Waals surface area contributed by atoms with Crippen molar-refractivity contribution in [1.82, 2.24) is 5.16 Å². The number of hydrogen-bond acceptors (Lipinski definition) is 2. The Morgan fingerprint density at radius 2 is 2.00 bits per heavy atom. The zero-order chi connectivity index (χ0) is 8.43. The van der Waals surface area contributed by atoms with Crippen LogP contribution in [0.3, 0.4) is 0 Å². The van der Waals surface area contributed by atoms with Gasteiger partial charge in [-0.15, -0.1) is 0 Å². The Bertz CT molecular complexity index is 238. The molecule has 0 bridgehead atoms.